The van der Waals surface area contributed by atoms with E-state index in [2.05, 4.69) is 56.1 Å². The van der Waals surface area contributed by atoms with Crippen molar-refractivity contribution in [3.8, 4) is 11.8 Å². The van der Waals surface area contributed by atoms with Crippen molar-refractivity contribution in [2.45, 2.75) is 26.2 Å². The summed E-state index contributed by atoms with van der Waals surface area (Å²) in [5, 5.41) is 9.59. The second-order valence-corrected chi connectivity index (χ2v) is 9.53. The molecule has 0 N–H and O–H groups in total. The highest BCUT2D eigenvalue weighted by Crippen LogP contribution is 2.26. The molecule has 1 aliphatic heterocycles. The van der Waals surface area contributed by atoms with Crippen LogP contribution in [0, 0.1) is 11.3 Å². The number of nitriles is 1. The Morgan fingerprint density at radius 3 is 2.26 bits per heavy atom. The van der Waals surface area contributed by atoms with Crippen molar-refractivity contribution in [1.82, 2.24) is 9.88 Å². The number of nitrogens with zero attached hydrogens (tertiary/aromatic N) is 4. The van der Waals surface area contributed by atoms with Crippen LogP contribution in [0.3, 0.4) is 0 Å². The van der Waals surface area contributed by atoms with E-state index in [-0.39, 0.29) is 17.0 Å². The first kappa shape index (κ1) is 24.1. The van der Waals surface area contributed by atoms with Crippen molar-refractivity contribution in [3.05, 3.63) is 76.8 Å². The van der Waals surface area contributed by atoms with Gasteiger partial charge >= 0.3 is 0 Å². The average molecular weight is 471 g/mol. The van der Waals surface area contributed by atoms with Gasteiger partial charge in [-0.3, -0.25) is 4.79 Å². The number of hydrogen-bond donors (Lipinski definition) is 0. The van der Waals surface area contributed by atoms with Crippen molar-refractivity contribution in [2.24, 2.45) is 0 Å². The number of piperazine rings is 1. The summed E-state index contributed by atoms with van der Waals surface area (Å²) < 4.78 is 11.1. The van der Waals surface area contributed by atoms with Gasteiger partial charge in [-0.1, -0.05) is 45.0 Å². The Balaban J connectivity index is 1.41. The van der Waals surface area contributed by atoms with Gasteiger partial charge in [0, 0.05) is 37.8 Å². The van der Waals surface area contributed by atoms with Crippen LogP contribution in [0.4, 0.5) is 5.88 Å². The number of oxazole rings is 1. The molecular weight excluding hydrogens is 440 g/mol. The van der Waals surface area contributed by atoms with Crippen LogP contribution in [0.1, 0.15) is 53.8 Å². The predicted molar refractivity (Wildman–Crippen MR) is 136 cm³/mol. The molecule has 1 amide bonds. The lowest BCUT2D eigenvalue weighted by Gasteiger charge is -2.34. The molecule has 0 atom stereocenters. The van der Waals surface area contributed by atoms with E-state index >= 15 is 0 Å². The van der Waals surface area contributed by atoms with Gasteiger partial charge in [-0.2, -0.15) is 10.2 Å². The van der Waals surface area contributed by atoms with Gasteiger partial charge < -0.3 is 19.0 Å². The molecule has 2 aromatic carbocycles. The first-order valence-corrected chi connectivity index (χ1v) is 11.7. The van der Waals surface area contributed by atoms with E-state index in [1.54, 1.807) is 37.5 Å². The van der Waals surface area contributed by atoms with Crippen LogP contribution in [0.5, 0.6) is 5.75 Å². The fourth-order valence-corrected chi connectivity index (χ4v) is 3.98. The Morgan fingerprint density at radius 1 is 1.03 bits per heavy atom. The lowest BCUT2D eigenvalue weighted by Crippen LogP contribution is -2.48. The Morgan fingerprint density at radius 2 is 1.69 bits per heavy atom. The van der Waals surface area contributed by atoms with Gasteiger partial charge in [-0.15, -0.1) is 0 Å². The summed E-state index contributed by atoms with van der Waals surface area (Å²) in [6.07, 6.45) is 3.70. The molecule has 1 aromatic heterocycles. The van der Waals surface area contributed by atoms with Gasteiger partial charge in [-0.25, -0.2) is 0 Å². The molecule has 0 unspecified atom stereocenters. The Labute approximate surface area is 206 Å². The first-order valence-electron chi connectivity index (χ1n) is 11.7. The van der Waals surface area contributed by atoms with E-state index in [1.807, 2.05) is 15.9 Å². The molecule has 4 rings (SSSR count). The number of rotatable bonds is 5. The van der Waals surface area contributed by atoms with Crippen LogP contribution >= 0.6 is 0 Å². The summed E-state index contributed by atoms with van der Waals surface area (Å²) in [6, 6.07) is 17.6. The number of methoxy groups -OCH3 is 1. The molecule has 2 heterocycles. The second kappa shape index (κ2) is 10.1. The number of anilines is 1. The van der Waals surface area contributed by atoms with Crippen molar-refractivity contribution in [1.29, 1.82) is 5.26 Å². The van der Waals surface area contributed by atoms with Crippen LogP contribution in [0.15, 0.2) is 52.9 Å². The SMILES string of the molecule is COc1ccc(C(=O)N2CCN(c3oc(/C=C/c4ccc(C(C)(C)C)cc4)nc3C#N)CC2)cc1. The number of amides is 1. The Hall–Kier alpha value is -4.05. The van der Waals surface area contributed by atoms with Crippen LogP contribution in [-0.4, -0.2) is 49.1 Å². The van der Waals surface area contributed by atoms with E-state index in [4.69, 9.17) is 9.15 Å². The van der Waals surface area contributed by atoms with Gasteiger partial charge in [0.25, 0.3) is 5.91 Å². The zero-order valence-corrected chi connectivity index (χ0v) is 20.6. The molecular formula is C28H30N4O3. The smallest absolute Gasteiger partial charge is 0.253 e. The summed E-state index contributed by atoms with van der Waals surface area (Å²) in [5.41, 5.74) is 3.28. The normalized spacial score (nSPS) is 14.3. The molecule has 0 bridgehead atoms. The van der Waals surface area contributed by atoms with Gasteiger partial charge in [0.05, 0.1) is 7.11 Å². The monoisotopic (exact) mass is 470 g/mol. The molecule has 0 radical (unpaired) electrons. The lowest BCUT2D eigenvalue weighted by molar-refractivity contribution is 0.0745. The number of carbonyl (C=O) groups excluding carboxylic acids is 1. The van der Waals surface area contributed by atoms with E-state index in [0.29, 0.717) is 49.3 Å². The highest BCUT2D eigenvalue weighted by molar-refractivity contribution is 5.94. The maximum atomic E-state index is 12.8. The Bertz CT molecular complexity index is 1240. The third-order valence-corrected chi connectivity index (χ3v) is 6.12. The maximum Gasteiger partial charge on any atom is 0.253 e. The number of aromatic nitrogens is 1. The summed E-state index contributed by atoms with van der Waals surface area (Å²) in [5.74, 6) is 1.53. The van der Waals surface area contributed by atoms with Crippen LogP contribution in [-0.2, 0) is 5.41 Å². The second-order valence-electron chi connectivity index (χ2n) is 9.53. The minimum absolute atomic E-state index is 0.0218. The van der Waals surface area contributed by atoms with Crippen LogP contribution in [0.2, 0.25) is 0 Å². The van der Waals surface area contributed by atoms with Gasteiger partial charge in [-0.05, 0) is 46.9 Å². The third-order valence-electron chi connectivity index (χ3n) is 6.12. The molecule has 1 aliphatic rings. The fourth-order valence-electron chi connectivity index (χ4n) is 3.98. The first-order chi connectivity index (χ1) is 16.8. The molecule has 7 nitrogen and oxygen atoms in total. The van der Waals surface area contributed by atoms with E-state index in [9.17, 15) is 10.1 Å². The minimum Gasteiger partial charge on any atom is -0.497 e. The predicted octanol–water partition coefficient (Wildman–Crippen LogP) is 4.99. The number of benzene rings is 2. The van der Waals surface area contributed by atoms with E-state index in [0.717, 1.165) is 5.56 Å². The number of ether oxygens (including phenoxy) is 1. The summed E-state index contributed by atoms with van der Waals surface area (Å²) in [7, 11) is 1.60. The fraction of sp³-hybridized carbons (Fsp3) is 0.321. The number of carbonyl (C=O) groups is 1. The molecule has 0 saturated carbocycles. The third kappa shape index (κ3) is 5.55. The summed E-state index contributed by atoms with van der Waals surface area (Å²) >= 11 is 0. The van der Waals surface area contributed by atoms with E-state index < -0.39 is 0 Å². The van der Waals surface area contributed by atoms with Crippen molar-refractivity contribution >= 4 is 23.9 Å². The average Bonchev–Trinajstić information content (AvgIpc) is 3.30. The van der Waals surface area contributed by atoms with Gasteiger partial charge in [0.15, 0.2) is 0 Å². The molecule has 180 valence electrons. The zero-order valence-electron chi connectivity index (χ0n) is 20.6. The van der Waals surface area contributed by atoms with Crippen molar-refractivity contribution in [3.63, 3.8) is 0 Å². The molecule has 7 heteroatoms. The number of hydrogen-bond acceptors (Lipinski definition) is 6. The molecule has 1 fully saturated rings. The quantitative estimate of drug-likeness (QED) is 0.523. The van der Waals surface area contributed by atoms with Gasteiger partial charge in [0.1, 0.15) is 11.8 Å². The zero-order chi connectivity index (χ0) is 25.0. The topological polar surface area (TPSA) is 82.6 Å². The van der Waals surface area contributed by atoms with Crippen molar-refractivity contribution in [2.75, 3.05) is 38.2 Å². The van der Waals surface area contributed by atoms with Gasteiger partial charge in [0.2, 0.25) is 17.5 Å². The highest BCUT2D eigenvalue weighted by atomic mass is 16.5. The van der Waals surface area contributed by atoms with Crippen molar-refractivity contribution < 1.29 is 13.9 Å². The highest BCUT2D eigenvalue weighted by Gasteiger charge is 2.26. The summed E-state index contributed by atoms with van der Waals surface area (Å²) in [4.78, 5) is 21.0. The molecule has 0 aliphatic carbocycles. The minimum atomic E-state index is -0.0218. The molecule has 1 saturated heterocycles. The van der Waals surface area contributed by atoms with Crippen LogP contribution < -0.4 is 9.64 Å². The Kier molecular flexibility index (Phi) is 6.92. The maximum absolute atomic E-state index is 12.8. The summed E-state index contributed by atoms with van der Waals surface area (Å²) in [6.45, 7) is 8.73. The largest absolute Gasteiger partial charge is 0.497 e. The molecule has 0 spiro atoms. The van der Waals surface area contributed by atoms with Crippen LogP contribution in [0.25, 0.3) is 12.2 Å². The standard InChI is InChI=1S/C28H30N4O3/c1-28(2,3)22-10-5-20(6-11-22)7-14-25-30-24(19-29)27(35-25)32-17-15-31(16-18-32)26(33)21-8-12-23(34-4)13-9-21/h5-14H,15-18H2,1-4H3/b14-7+. The lowest BCUT2D eigenvalue weighted by atomic mass is 9.87. The van der Waals surface area contributed by atoms with E-state index in [1.165, 1.54) is 5.56 Å². The molecule has 35 heavy (non-hydrogen) atoms. The molecule has 3 aromatic rings.